The molecule has 0 aromatic heterocycles. The van der Waals surface area contributed by atoms with Crippen LogP contribution < -0.4 is 10.5 Å². The number of hydrogen-bond donors (Lipinski definition) is 1. The molecule has 16 heavy (non-hydrogen) atoms. The lowest BCUT2D eigenvalue weighted by molar-refractivity contribution is 0.215. The smallest absolute Gasteiger partial charge is 0.122 e. The van der Waals surface area contributed by atoms with Gasteiger partial charge in [-0.05, 0) is 37.8 Å². The van der Waals surface area contributed by atoms with Gasteiger partial charge in [-0.25, -0.2) is 0 Å². The van der Waals surface area contributed by atoms with E-state index in [1.165, 1.54) is 5.56 Å². The van der Waals surface area contributed by atoms with E-state index in [1.807, 2.05) is 18.2 Å². The summed E-state index contributed by atoms with van der Waals surface area (Å²) < 4.78 is 5.88. The number of para-hydroxylation sites is 1. The van der Waals surface area contributed by atoms with Crippen molar-refractivity contribution in [3.8, 4) is 5.75 Å². The van der Waals surface area contributed by atoms with Crippen LogP contribution in [0, 0.1) is 0 Å². The predicted molar refractivity (Wildman–Crippen MR) is 68.8 cm³/mol. The van der Waals surface area contributed by atoms with Crippen molar-refractivity contribution in [3.63, 3.8) is 0 Å². The molecule has 2 atom stereocenters. The van der Waals surface area contributed by atoms with Gasteiger partial charge in [-0.2, -0.15) is 0 Å². The Kier molecular flexibility index (Phi) is 5.33. The maximum Gasteiger partial charge on any atom is 0.122 e. The zero-order valence-corrected chi connectivity index (χ0v) is 10.6. The van der Waals surface area contributed by atoms with Gasteiger partial charge in [0.15, 0.2) is 0 Å². The van der Waals surface area contributed by atoms with Crippen LogP contribution in [-0.4, -0.2) is 12.1 Å². The fourth-order valence-corrected chi connectivity index (χ4v) is 1.51. The van der Waals surface area contributed by atoms with Gasteiger partial charge < -0.3 is 10.5 Å². The highest BCUT2D eigenvalue weighted by Crippen LogP contribution is 2.21. The Balaban J connectivity index is 2.75. The van der Waals surface area contributed by atoms with Crippen molar-refractivity contribution in [3.05, 3.63) is 29.8 Å². The van der Waals surface area contributed by atoms with Crippen molar-refractivity contribution in [2.45, 2.75) is 52.2 Å². The number of rotatable bonds is 6. The monoisotopic (exact) mass is 221 g/mol. The maximum atomic E-state index is 5.98. The minimum absolute atomic E-state index is 0.224. The lowest BCUT2D eigenvalue weighted by Gasteiger charge is -2.17. The van der Waals surface area contributed by atoms with Crippen LogP contribution in [0.2, 0.25) is 0 Å². The number of ether oxygens (including phenoxy) is 1. The van der Waals surface area contributed by atoms with E-state index in [2.05, 4.69) is 26.8 Å². The second-order valence-electron chi connectivity index (χ2n) is 4.32. The normalized spacial score (nSPS) is 14.5. The minimum atomic E-state index is 0.224. The molecule has 0 saturated carbocycles. The van der Waals surface area contributed by atoms with Gasteiger partial charge in [0.2, 0.25) is 0 Å². The second-order valence-corrected chi connectivity index (χ2v) is 4.32. The predicted octanol–water partition coefficient (Wildman–Crippen LogP) is 3.14. The van der Waals surface area contributed by atoms with Crippen molar-refractivity contribution in [1.82, 2.24) is 0 Å². The molecule has 0 fully saturated rings. The molecule has 2 unspecified atom stereocenters. The topological polar surface area (TPSA) is 35.2 Å². The van der Waals surface area contributed by atoms with Gasteiger partial charge >= 0.3 is 0 Å². The van der Waals surface area contributed by atoms with E-state index >= 15 is 0 Å². The van der Waals surface area contributed by atoms with Crippen molar-refractivity contribution in [2.75, 3.05) is 0 Å². The lowest BCUT2D eigenvalue weighted by atomic mass is 10.0. The van der Waals surface area contributed by atoms with E-state index in [0.717, 1.165) is 25.0 Å². The first kappa shape index (κ1) is 13.0. The number of nitrogens with two attached hydrogens (primary N) is 1. The molecule has 0 aliphatic rings. The summed E-state index contributed by atoms with van der Waals surface area (Å²) >= 11 is 0. The summed E-state index contributed by atoms with van der Waals surface area (Å²) in [5.41, 5.74) is 7.20. The Morgan fingerprint density at radius 2 is 1.88 bits per heavy atom. The molecule has 0 heterocycles. The Labute approximate surface area is 98.8 Å². The van der Waals surface area contributed by atoms with E-state index in [4.69, 9.17) is 10.5 Å². The molecule has 0 radical (unpaired) electrons. The first-order valence-electron chi connectivity index (χ1n) is 6.17. The van der Waals surface area contributed by atoms with Crippen molar-refractivity contribution in [1.29, 1.82) is 0 Å². The van der Waals surface area contributed by atoms with Crippen molar-refractivity contribution in [2.24, 2.45) is 5.73 Å². The van der Waals surface area contributed by atoms with E-state index in [9.17, 15) is 0 Å². The van der Waals surface area contributed by atoms with Crippen molar-refractivity contribution >= 4 is 0 Å². The van der Waals surface area contributed by atoms with E-state index < -0.39 is 0 Å². The summed E-state index contributed by atoms with van der Waals surface area (Å²) in [4.78, 5) is 0. The molecule has 0 spiro atoms. The molecule has 1 rings (SSSR count). The van der Waals surface area contributed by atoms with Crippen LogP contribution in [0.5, 0.6) is 5.75 Å². The standard InChI is InChI=1S/C14H23NO/c1-4-11(3)16-14-9-7-6-8-12(14)10-13(15)5-2/h6-9,11,13H,4-5,10,15H2,1-3H3. The summed E-state index contributed by atoms with van der Waals surface area (Å²) in [6, 6.07) is 8.42. The van der Waals surface area contributed by atoms with Gasteiger partial charge in [-0.15, -0.1) is 0 Å². The van der Waals surface area contributed by atoms with Crippen LogP contribution >= 0.6 is 0 Å². The number of benzene rings is 1. The molecule has 2 heteroatoms. The molecule has 2 N–H and O–H groups in total. The minimum Gasteiger partial charge on any atom is -0.490 e. The quantitative estimate of drug-likeness (QED) is 0.801. The van der Waals surface area contributed by atoms with E-state index in [0.29, 0.717) is 0 Å². The van der Waals surface area contributed by atoms with Gasteiger partial charge in [0.25, 0.3) is 0 Å². The zero-order valence-electron chi connectivity index (χ0n) is 10.6. The van der Waals surface area contributed by atoms with E-state index in [-0.39, 0.29) is 12.1 Å². The summed E-state index contributed by atoms with van der Waals surface area (Å²) in [5.74, 6) is 0.987. The van der Waals surface area contributed by atoms with Gasteiger partial charge in [-0.3, -0.25) is 0 Å². The van der Waals surface area contributed by atoms with Crippen LogP contribution in [0.3, 0.4) is 0 Å². The molecule has 0 amide bonds. The fourth-order valence-electron chi connectivity index (χ4n) is 1.51. The third-order valence-electron chi connectivity index (χ3n) is 2.88. The van der Waals surface area contributed by atoms with Crippen LogP contribution in [0.1, 0.15) is 39.2 Å². The second kappa shape index (κ2) is 6.54. The van der Waals surface area contributed by atoms with Crippen LogP contribution in [0.15, 0.2) is 24.3 Å². The van der Waals surface area contributed by atoms with Crippen molar-refractivity contribution < 1.29 is 4.74 Å². The third kappa shape index (κ3) is 3.86. The summed E-state index contributed by atoms with van der Waals surface area (Å²) in [5, 5.41) is 0. The molecule has 0 aliphatic carbocycles. The largest absolute Gasteiger partial charge is 0.490 e. The molecular weight excluding hydrogens is 198 g/mol. The summed E-state index contributed by atoms with van der Waals surface area (Å²) in [6.07, 6.45) is 3.17. The van der Waals surface area contributed by atoms with E-state index in [1.54, 1.807) is 0 Å². The lowest BCUT2D eigenvalue weighted by Crippen LogP contribution is -2.22. The molecule has 1 aromatic carbocycles. The maximum absolute atomic E-state index is 5.98. The molecule has 90 valence electrons. The molecule has 2 nitrogen and oxygen atoms in total. The zero-order chi connectivity index (χ0) is 12.0. The third-order valence-corrected chi connectivity index (χ3v) is 2.88. The molecule has 0 bridgehead atoms. The highest BCUT2D eigenvalue weighted by atomic mass is 16.5. The first-order valence-corrected chi connectivity index (χ1v) is 6.17. The van der Waals surface area contributed by atoms with Crippen LogP contribution in [0.25, 0.3) is 0 Å². The summed E-state index contributed by atoms with van der Waals surface area (Å²) in [6.45, 7) is 6.34. The average molecular weight is 221 g/mol. The van der Waals surface area contributed by atoms with Gasteiger partial charge in [0, 0.05) is 6.04 Å². The Morgan fingerprint density at radius 3 is 2.50 bits per heavy atom. The van der Waals surface area contributed by atoms with Gasteiger partial charge in [0.1, 0.15) is 5.75 Å². The first-order chi connectivity index (χ1) is 7.67. The van der Waals surface area contributed by atoms with Crippen LogP contribution in [-0.2, 0) is 6.42 Å². The molecule has 0 aliphatic heterocycles. The molecule has 1 aromatic rings. The van der Waals surface area contributed by atoms with Crippen LogP contribution in [0.4, 0.5) is 0 Å². The summed E-state index contributed by atoms with van der Waals surface area (Å²) in [7, 11) is 0. The fraction of sp³-hybridized carbons (Fsp3) is 0.571. The Hall–Kier alpha value is -1.02. The average Bonchev–Trinajstić information content (AvgIpc) is 2.31. The molecular formula is C14H23NO. The Bertz CT molecular complexity index is 280. The highest BCUT2D eigenvalue weighted by molar-refractivity contribution is 5.34. The highest BCUT2D eigenvalue weighted by Gasteiger charge is 2.09. The van der Waals surface area contributed by atoms with Gasteiger partial charge in [-0.1, -0.05) is 32.0 Å². The Morgan fingerprint density at radius 1 is 1.19 bits per heavy atom. The SMILES string of the molecule is CCC(N)Cc1ccccc1OC(C)CC. The number of hydrogen-bond acceptors (Lipinski definition) is 2. The van der Waals surface area contributed by atoms with Gasteiger partial charge in [0.05, 0.1) is 6.10 Å². The molecule has 0 saturated heterocycles.